The van der Waals surface area contributed by atoms with Gasteiger partial charge in [0.1, 0.15) is 5.75 Å². The van der Waals surface area contributed by atoms with Gasteiger partial charge >= 0.3 is 0 Å². The van der Waals surface area contributed by atoms with E-state index in [2.05, 4.69) is 20.8 Å². The van der Waals surface area contributed by atoms with Crippen molar-refractivity contribution < 1.29 is 17.9 Å². The van der Waals surface area contributed by atoms with E-state index < -0.39 is 10.0 Å². The lowest BCUT2D eigenvalue weighted by Crippen LogP contribution is -2.51. The average Bonchev–Trinajstić information content (AvgIpc) is 2.90. The van der Waals surface area contributed by atoms with Gasteiger partial charge in [0.15, 0.2) is 0 Å². The van der Waals surface area contributed by atoms with Crippen LogP contribution in [0, 0.1) is 0 Å². The van der Waals surface area contributed by atoms with Crippen LogP contribution in [0.1, 0.15) is 5.56 Å². The molecular formula is C26H26BrCl2N3O4S. The van der Waals surface area contributed by atoms with Gasteiger partial charge in [-0.05, 0) is 66.2 Å². The van der Waals surface area contributed by atoms with Crippen LogP contribution in [0.25, 0.3) is 0 Å². The van der Waals surface area contributed by atoms with E-state index in [0.29, 0.717) is 41.8 Å². The van der Waals surface area contributed by atoms with Gasteiger partial charge in [0.25, 0.3) is 0 Å². The standard InChI is InChI=1S/C26H26BrCl2N3O4S/c1-36-23-8-6-22(7-9-23)30-12-14-31(15-13-30)26(33)18-32(17-19-2-5-21(28)16-25(19)29)37(34,35)24-10-3-20(27)4-11-24/h2-11,16H,12-15,17-18H2,1H3. The highest BCUT2D eigenvalue weighted by atomic mass is 79.9. The van der Waals surface area contributed by atoms with E-state index in [1.165, 1.54) is 16.4 Å². The molecule has 0 N–H and O–H groups in total. The summed E-state index contributed by atoms with van der Waals surface area (Å²) in [5, 5.41) is 0.783. The number of hydrogen-bond donors (Lipinski definition) is 0. The molecule has 1 aliphatic heterocycles. The summed E-state index contributed by atoms with van der Waals surface area (Å²) in [6, 6.07) is 19.0. The van der Waals surface area contributed by atoms with Crippen LogP contribution in [-0.4, -0.2) is 63.4 Å². The normalized spacial score (nSPS) is 14.2. The van der Waals surface area contributed by atoms with Crippen LogP contribution >= 0.6 is 39.1 Å². The summed E-state index contributed by atoms with van der Waals surface area (Å²) >= 11 is 15.7. The predicted molar refractivity (Wildman–Crippen MR) is 150 cm³/mol. The van der Waals surface area contributed by atoms with Crippen molar-refractivity contribution in [2.45, 2.75) is 11.4 Å². The van der Waals surface area contributed by atoms with Crippen molar-refractivity contribution in [2.75, 3.05) is 44.7 Å². The van der Waals surface area contributed by atoms with Gasteiger partial charge < -0.3 is 14.5 Å². The zero-order chi connectivity index (χ0) is 26.6. The maximum Gasteiger partial charge on any atom is 0.243 e. The summed E-state index contributed by atoms with van der Waals surface area (Å²) in [6.45, 7) is 1.88. The van der Waals surface area contributed by atoms with E-state index in [-0.39, 0.29) is 23.9 Å². The quantitative estimate of drug-likeness (QED) is 0.339. The Morgan fingerprint density at radius 1 is 0.973 bits per heavy atom. The number of sulfonamides is 1. The van der Waals surface area contributed by atoms with Crippen LogP contribution in [0.5, 0.6) is 5.75 Å². The van der Waals surface area contributed by atoms with Crippen molar-refractivity contribution in [2.24, 2.45) is 0 Å². The first-order valence-electron chi connectivity index (χ1n) is 11.5. The first-order chi connectivity index (χ1) is 17.7. The van der Waals surface area contributed by atoms with Crippen LogP contribution in [0.3, 0.4) is 0 Å². The van der Waals surface area contributed by atoms with Gasteiger partial charge in [-0.15, -0.1) is 0 Å². The predicted octanol–water partition coefficient (Wildman–Crippen LogP) is 5.30. The number of methoxy groups -OCH3 is 1. The van der Waals surface area contributed by atoms with Crippen molar-refractivity contribution in [3.63, 3.8) is 0 Å². The number of carbonyl (C=O) groups is 1. The van der Waals surface area contributed by atoms with E-state index in [1.54, 1.807) is 42.3 Å². The number of anilines is 1. The Morgan fingerprint density at radius 3 is 2.22 bits per heavy atom. The zero-order valence-electron chi connectivity index (χ0n) is 20.1. The Balaban J connectivity index is 1.50. The van der Waals surface area contributed by atoms with E-state index in [1.807, 2.05) is 24.3 Å². The molecule has 1 fully saturated rings. The highest BCUT2D eigenvalue weighted by Crippen LogP contribution is 2.26. The number of benzene rings is 3. The first kappa shape index (κ1) is 27.7. The largest absolute Gasteiger partial charge is 0.497 e. The number of halogens is 3. The van der Waals surface area contributed by atoms with Gasteiger partial charge in [0, 0.05) is 52.9 Å². The number of rotatable bonds is 8. The summed E-state index contributed by atoms with van der Waals surface area (Å²) in [7, 11) is -2.36. The Labute approximate surface area is 235 Å². The fourth-order valence-corrected chi connectivity index (χ4v) is 6.18. The molecule has 7 nitrogen and oxygen atoms in total. The molecule has 0 aromatic heterocycles. The molecule has 3 aromatic carbocycles. The van der Waals surface area contributed by atoms with Crippen molar-refractivity contribution in [3.05, 3.63) is 86.8 Å². The third-order valence-corrected chi connectivity index (χ3v) is 9.12. The maximum absolute atomic E-state index is 13.6. The van der Waals surface area contributed by atoms with Crippen LogP contribution in [0.15, 0.2) is 76.1 Å². The molecule has 37 heavy (non-hydrogen) atoms. The Hall–Kier alpha value is -2.30. The first-order valence-corrected chi connectivity index (χ1v) is 14.5. The third-order valence-electron chi connectivity index (χ3n) is 6.19. The van der Waals surface area contributed by atoms with Crippen LogP contribution in [-0.2, 0) is 21.4 Å². The summed E-state index contributed by atoms with van der Waals surface area (Å²) in [6.07, 6.45) is 0. The molecule has 1 aliphatic rings. The SMILES string of the molecule is COc1ccc(N2CCN(C(=O)CN(Cc3ccc(Cl)cc3Cl)S(=O)(=O)c3ccc(Br)cc3)CC2)cc1. The number of nitrogens with zero attached hydrogens (tertiary/aromatic N) is 3. The molecule has 0 unspecified atom stereocenters. The molecule has 1 heterocycles. The fraction of sp³-hybridized carbons (Fsp3) is 0.269. The highest BCUT2D eigenvalue weighted by molar-refractivity contribution is 9.10. The van der Waals surface area contributed by atoms with Gasteiger partial charge in [-0.25, -0.2) is 8.42 Å². The Bertz CT molecular complexity index is 1350. The minimum absolute atomic E-state index is 0.0635. The second-order valence-electron chi connectivity index (χ2n) is 8.53. The summed E-state index contributed by atoms with van der Waals surface area (Å²) < 4.78 is 34.3. The zero-order valence-corrected chi connectivity index (χ0v) is 24.0. The van der Waals surface area contributed by atoms with Crippen molar-refractivity contribution in [3.8, 4) is 5.75 Å². The molecule has 0 saturated carbocycles. The third kappa shape index (κ3) is 6.78. The molecule has 0 bridgehead atoms. The van der Waals surface area contributed by atoms with Crippen molar-refractivity contribution in [1.29, 1.82) is 0 Å². The van der Waals surface area contributed by atoms with E-state index >= 15 is 0 Å². The Kier molecular flexibility index (Phi) is 9.03. The molecule has 1 saturated heterocycles. The summed E-state index contributed by atoms with van der Waals surface area (Å²) in [4.78, 5) is 17.3. The lowest BCUT2D eigenvalue weighted by molar-refractivity contribution is -0.131. The lowest BCUT2D eigenvalue weighted by Gasteiger charge is -2.37. The molecule has 3 aromatic rings. The summed E-state index contributed by atoms with van der Waals surface area (Å²) in [5.74, 6) is 0.519. The lowest BCUT2D eigenvalue weighted by atomic mass is 10.2. The molecule has 0 aliphatic carbocycles. The van der Waals surface area contributed by atoms with Gasteiger partial charge in [0.2, 0.25) is 15.9 Å². The second-order valence-corrected chi connectivity index (χ2v) is 12.2. The molecule has 11 heteroatoms. The monoisotopic (exact) mass is 625 g/mol. The molecule has 0 spiro atoms. The van der Waals surface area contributed by atoms with Crippen LogP contribution in [0.4, 0.5) is 5.69 Å². The van der Waals surface area contributed by atoms with Crippen LogP contribution in [0.2, 0.25) is 10.0 Å². The van der Waals surface area contributed by atoms with Crippen molar-refractivity contribution in [1.82, 2.24) is 9.21 Å². The van der Waals surface area contributed by atoms with Gasteiger partial charge in [-0.3, -0.25) is 4.79 Å². The Morgan fingerprint density at radius 2 is 1.62 bits per heavy atom. The van der Waals surface area contributed by atoms with E-state index in [4.69, 9.17) is 27.9 Å². The number of amides is 1. The number of carbonyl (C=O) groups excluding carboxylic acids is 1. The van der Waals surface area contributed by atoms with Gasteiger partial charge in [-0.1, -0.05) is 45.2 Å². The van der Waals surface area contributed by atoms with Gasteiger partial charge in [-0.2, -0.15) is 4.31 Å². The van der Waals surface area contributed by atoms with E-state index in [9.17, 15) is 13.2 Å². The molecular weight excluding hydrogens is 601 g/mol. The van der Waals surface area contributed by atoms with E-state index in [0.717, 1.165) is 15.9 Å². The van der Waals surface area contributed by atoms with Gasteiger partial charge in [0.05, 0.1) is 18.6 Å². The summed E-state index contributed by atoms with van der Waals surface area (Å²) in [5.41, 5.74) is 1.61. The topological polar surface area (TPSA) is 70.2 Å². The second kappa shape index (κ2) is 12.0. The highest BCUT2D eigenvalue weighted by Gasteiger charge is 2.30. The molecule has 1 amide bonds. The molecule has 0 atom stereocenters. The van der Waals surface area contributed by atoms with Crippen molar-refractivity contribution >= 4 is 60.7 Å². The molecule has 196 valence electrons. The number of hydrogen-bond acceptors (Lipinski definition) is 5. The van der Waals surface area contributed by atoms with Crippen LogP contribution < -0.4 is 9.64 Å². The molecule has 0 radical (unpaired) electrons. The minimum atomic E-state index is -3.99. The number of piperazine rings is 1. The smallest absolute Gasteiger partial charge is 0.243 e. The molecule has 4 rings (SSSR count). The average molecular weight is 627 g/mol. The minimum Gasteiger partial charge on any atom is -0.497 e. The fourth-order valence-electron chi connectivity index (χ4n) is 4.08. The maximum atomic E-state index is 13.6. The number of ether oxygens (including phenoxy) is 1.